The Hall–Kier alpha value is -3.51. The smallest absolute Gasteiger partial charge is 1.00 e. The molecule has 7 rings (SSSR count). The van der Waals surface area contributed by atoms with Gasteiger partial charge in [-0.3, -0.25) is 6.08 Å². The van der Waals surface area contributed by atoms with Crippen molar-refractivity contribution in [3.63, 3.8) is 0 Å². The van der Waals surface area contributed by atoms with Crippen LogP contribution in [-0.4, -0.2) is 3.21 Å². The third kappa shape index (κ3) is 12.3. The van der Waals surface area contributed by atoms with E-state index in [1.54, 1.807) is 0 Å². The molecule has 1 unspecified atom stereocenters. The predicted octanol–water partition coefficient (Wildman–Crippen LogP) is 7.97. The summed E-state index contributed by atoms with van der Waals surface area (Å²) in [6, 6.07) is 34.8. The molecule has 2 aliphatic rings. The summed E-state index contributed by atoms with van der Waals surface area (Å²) in [6.07, 6.45) is -2.29. The summed E-state index contributed by atoms with van der Waals surface area (Å²) in [5.41, 5.74) is 11.5. The van der Waals surface area contributed by atoms with Gasteiger partial charge in [0.05, 0.1) is 0 Å². The Morgan fingerprint density at radius 1 is 0.621 bits per heavy atom. The van der Waals surface area contributed by atoms with Crippen molar-refractivity contribution < 1.29 is 75.4 Å². The summed E-state index contributed by atoms with van der Waals surface area (Å²) in [7, 11) is 0. The fourth-order valence-electron chi connectivity index (χ4n) is 6.66. The largest absolute Gasteiger partial charge is 1.00 e. The van der Waals surface area contributed by atoms with E-state index in [0.717, 1.165) is 54.9 Å². The number of allylic oxidation sites excluding steroid dienone is 4. The number of halogens is 8. The Bertz CT molecular complexity index is 2150. The van der Waals surface area contributed by atoms with Crippen molar-refractivity contribution in [1.82, 2.24) is 0 Å². The van der Waals surface area contributed by atoms with Crippen molar-refractivity contribution >= 4 is 8.78 Å². The van der Waals surface area contributed by atoms with Gasteiger partial charge in [-0.1, -0.05) is 115 Å². The van der Waals surface area contributed by atoms with Crippen LogP contribution in [0.25, 0.3) is 16.7 Å². The average molecular weight is 911 g/mol. The normalized spacial score (nSPS) is 14.5. The quantitative estimate of drug-likeness (QED) is 0.125. The van der Waals surface area contributed by atoms with E-state index < -0.39 is 23.5 Å². The minimum atomic E-state index is -4.49. The van der Waals surface area contributed by atoms with Crippen molar-refractivity contribution in [3.8, 4) is 11.1 Å². The molecule has 0 N–H and O–H groups in total. The predicted molar refractivity (Wildman–Crippen MR) is 213 cm³/mol. The van der Waals surface area contributed by atoms with Gasteiger partial charge < -0.3 is 24.8 Å². The Balaban J connectivity index is 0.000000236. The van der Waals surface area contributed by atoms with Gasteiger partial charge in [0, 0.05) is 0 Å². The number of fused-ring (bicyclic) bond motifs is 3. The molecule has 58 heavy (non-hydrogen) atoms. The maximum absolute atomic E-state index is 12.7. The molecule has 0 amide bonds. The van der Waals surface area contributed by atoms with Crippen LogP contribution < -0.4 is 24.8 Å². The Kier molecular flexibility index (Phi) is 16.2. The molecule has 0 bridgehead atoms. The van der Waals surface area contributed by atoms with Crippen molar-refractivity contribution in [2.45, 2.75) is 85.0 Å². The molecule has 0 radical (unpaired) electrons. The molecule has 0 heterocycles. The monoisotopic (exact) mass is 908 g/mol. The summed E-state index contributed by atoms with van der Waals surface area (Å²) >= 11 is 0.729. The number of benzene rings is 5. The number of hydrogen-bond donors (Lipinski definition) is 0. The average Bonchev–Trinajstić information content (AvgIpc) is 3.68. The van der Waals surface area contributed by atoms with E-state index in [1.165, 1.54) is 74.4 Å². The number of alkyl halides is 6. The molecule has 0 aromatic heterocycles. The van der Waals surface area contributed by atoms with Crippen molar-refractivity contribution in [1.29, 1.82) is 0 Å². The Morgan fingerprint density at radius 2 is 1.16 bits per heavy atom. The van der Waals surface area contributed by atoms with Crippen LogP contribution in [0.3, 0.4) is 0 Å². The molecule has 0 saturated carbocycles. The molecular formula is C49H46Cl2F6Zr-2. The van der Waals surface area contributed by atoms with Crippen LogP contribution in [0.15, 0.2) is 121 Å². The fraction of sp³-hybridized carbons (Fsp3) is 0.286. The van der Waals surface area contributed by atoms with Crippen molar-refractivity contribution in [3.05, 3.63) is 183 Å². The summed E-state index contributed by atoms with van der Waals surface area (Å²) in [5.74, 6) is 0.468. The van der Waals surface area contributed by atoms with Gasteiger partial charge in [-0.15, -0.1) is 16.7 Å². The second kappa shape index (κ2) is 19.3. The van der Waals surface area contributed by atoms with Gasteiger partial charge in [0.25, 0.3) is 0 Å². The van der Waals surface area contributed by atoms with Crippen LogP contribution in [0.5, 0.6) is 0 Å². The summed E-state index contributed by atoms with van der Waals surface area (Å²) in [6.45, 7) is 17.9. The zero-order valence-electron chi connectivity index (χ0n) is 33.8. The third-order valence-electron chi connectivity index (χ3n) is 9.77. The second-order valence-electron chi connectivity index (χ2n) is 16.3. The van der Waals surface area contributed by atoms with Gasteiger partial charge in [-0.2, -0.15) is 35.4 Å². The van der Waals surface area contributed by atoms with Crippen LogP contribution in [0.2, 0.25) is 0 Å². The van der Waals surface area contributed by atoms with Gasteiger partial charge >= 0.3 is 137 Å². The van der Waals surface area contributed by atoms with Crippen molar-refractivity contribution in [2.75, 3.05) is 0 Å². The molecule has 9 heteroatoms. The molecule has 5 aromatic carbocycles. The van der Waals surface area contributed by atoms with E-state index in [-0.39, 0.29) is 46.8 Å². The zero-order valence-corrected chi connectivity index (χ0v) is 37.7. The second-order valence-corrected chi connectivity index (χ2v) is 17.6. The molecule has 5 aromatic rings. The first-order chi connectivity index (χ1) is 26.0. The van der Waals surface area contributed by atoms with Gasteiger partial charge in [0.15, 0.2) is 0 Å². The SMILES string of the molecule is CC(C)(C)c1[c-]c2c(cc1)-c1ccc(C(C)(C)C)cc1C2.CC1=[C-]C(C)C=C1c1ccccc1.FC(F)(F)c1cccc([C](=[Zr+2])c2cccc(C(F)(F)F)c2)c1.[Cl-].[Cl-]. The van der Waals surface area contributed by atoms with Crippen LogP contribution in [-0.2, 0) is 53.8 Å². The summed E-state index contributed by atoms with van der Waals surface area (Å²) in [4.78, 5) is 0. The first-order valence-corrected chi connectivity index (χ1v) is 19.8. The van der Waals surface area contributed by atoms with Crippen LogP contribution in [0, 0.1) is 18.1 Å². The molecule has 1 atom stereocenters. The van der Waals surface area contributed by atoms with E-state index in [9.17, 15) is 26.3 Å². The van der Waals surface area contributed by atoms with Crippen molar-refractivity contribution in [2.24, 2.45) is 5.92 Å². The van der Waals surface area contributed by atoms with Gasteiger partial charge in [-0.25, -0.2) is 5.57 Å². The summed E-state index contributed by atoms with van der Waals surface area (Å²) in [5, 5.41) is 0. The molecule has 0 spiro atoms. The van der Waals surface area contributed by atoms with Crippen LogP contribution in [0.4, 0.5) is 26.3 Å². The van der Waals surface area contributed by atoms with Gasteiger partial charge in [-0.05, 0) is 28.4 Å². The van der Waals surface area contributed by atoms with Gasteiger partial charge in [0.1, 0.15) is 0 Å². The molecule has 0 fully saturated rings. The van der Waals surface area contributed by atoms with E-state index in [0.29, 0.717) is 9.12 Å². The number of hydrogen-bond acceptors (Lipinski definition) is 0. The van der Waals surface area contributed by atoms with E-state index in [2.05, 4.69) is 128 Å². The van der Waals surface area contributed by atoms with E-state index >= 15 is 0 Å². The maximum atomic E-state index is 12.7. The summed E-state index contributed by atoms with van der Waals surface area (Å²) < 4.78 is 76.7. The molecule has 2 aliphatic carbocycles. The van der Waals surface area contributed by atoms with E-state index in [4.69, 9.17) is 0 Å². The first-order valence-electron chi connectivity index (χ1n) is 18.5. The molecular weight excluding hydrogens is 865 g/mol. The number of rotatable bonds is 3. The molecule has 0 nitrogen and oxygen atoms in total. The Morgan fingerprint density at radius 3 is 1.62 bits per heavy atom. The van der Waals surface area contributed by atoms with Crippen LogP contribution in [0.1, 0.15) is 105 Å². The zero-order chi connectivity index (χ0) is 41.2. The van der Waals surface area contributed by atoms with Gasteiger partial charge in [0.2, 0.25) is 0 Å². The standard InChI is InChI=1S/C21H25.C15H8F6.C13H13.2ClH.Zr/c1-20(2,3)16-7-9-18-14(12-16)11-15-13-17(21(4,5)6)8-10-19(15)18;16-14(17,18)12-5-1-3-10(8-12)7-11-4-2-6-13(9-11)15(19,20)21;1-10-8-11(2)13(9-10)12-6-4-3-5-7-12;;;/h7-10,12H,11H2,1-6H3;1-6,8-9H;3-7,9-10H,1-2H3;2*1H;/q-1;;-1;;;+2/p-2. The topological polar surface area (TPSA) is 0 Å². The minimum absolute atomic E-state index is 0. The first kappa shape index (κ1) is 48.9. The molecule has 0 saturated heterocycles. The van der Waals surface area contributed by atoms with E-state index in [1.807, 2.05) is 6.07 Å². The molecule has 0 aliphatic heterocycles. The minimum Gasteiger partial charge on any atom is -1.00 e. The molecule has 304 valence electrons. The maximum Gasteiger partial charge on any atom is -1.00 e. The Labute approximate surface area is 367 Å². The van der Waals surface area contributed by atoms with Crippen LogP contribution >= 0.6 is 0 Å². The fourth-order valence-corrected chi connectivity index (χ4v) is 7.43. The third-order valence-corrected chi connectivity index (χ3v) is 11.2.